The van der Waals surface area contributed by atoms with Crippen LogP contribution in [0, 0.1) is 11.3 Å². The number of hydrogen-bond acceptors (Lipinski definition) is 4. The number of hydrogen-bond donors (Lipinski definition) is 2. The van der Waals surface area contributed by atoms with Crippen molar-refractivity contribution in [3.63, 3.8) is 0 Å². The summed E-state index contributed by atoms with van der Waals surface area (Å²) in [7, 11) is 0. The van der Waals surface area contributed by atoms with Gasteiger partial charge in [-0.25, -0.2) is 9.78 Å². The standard InChI is InChI=1S/C16H15ClN4O2/c1-2-6-19-16(22)21-12-4-3-5-13(8-12)23-15-14(17)7-11(9-18)10-20-15/h3-5,7-8,10H,2,6H2,1H3,(H2,19,21,22). The van der Waals surface area contributed by atoms with Gasteiger partial charge in [-0.15, -0.1) is 0 Å². The fourth-order valence-electron chi connectivity index (χ4n) is 1.72. The van der Waals surface area contributed by atoms with E-state index in [1.807, 2.05) is 13.0 Å². The van der Waals surface area contributed by atoms with E-state index in [0.29, 0.717) is 23.5 Å². The quantitative estimate of drug-likeness (QED) is 0.869. The van der Waals surface area contributed by atoms with Crippen LogP contribution in [-0.4, -0.2) is 17.6 Å². The highest BCUT2D eigenvalue weighted by atomic mass is 35.5. The Kier molecular flexibility index (Phi) is 5.78. The van der Waals surface area contributed by atoms with E-state index < -0.39 is 0 Å². The predicted molar refractivity (Wildman–Crippen MR) is 87.8 cm³/mol. The van der Waals surface area contributed by atoms with Gasteiger partial charge >= 0.3 is 6.03 Å². The molecular weight excluding hydrogens is 316 g/mol. The van der Waals surface area contributed by atoms with Crippen molar-refractivity contribution in [3.05, 3.63) is 47.1 Å². The highest BCUT2D eigenvalue weighted by molar-refractivity contribution is 6.31. The number of amides is 2. The third-order valence-electron chi connectivity index (χ3n) is 2.78. The summed E-state index contributed by atoms with van der Waals surface area (Å²) in [6.07, 6.45) is 2.24. The maximum absolute atomic E-state index is 11.6. The molecule has 0 saturated heterocycles. The van der Waals surface area contributed by atoms with Crippen LogP contribution in [-0.2, 0) is 0 Å². The van der Waals surface area contributed by atoms with Crippen molar-refractivity contribution in [3.8, 4) is 17.7 Å². The second kappa shape index (κ2) is 8.01. The number of halogens is 1. The molecule has 0 radical (unpaired) electrons. The highest BCUT2D eigenvalue weighted by Crippen LogP contribution is 2.28. The summed E-state index contributed by atoms with van der Waals surface area (Å²) < 4.78 is 5.59. The van der Waals surface area contributed by atoms with Gasteiger partial charge in [0.2, 0.25) is 5.88 Å². The van der Waals surface area contributed by atoms with E-state index >= 15 is 0 Å². The first kappa shape index (κ1) is 16.6. The van der Waals surface area contributed by atoms with Gasteiger partial charge in [-0.3, -0.25) is 0 Å². The molecule has 2 aromatic rings. The number of ether oxygens (including phenoxy) is 1. The number of pyridine rings is 1. The minimum atomic E-state index is -0.279. The van der Waals surface area contributed by atoms with Gasteiger partial charge in [0.15, 0.2) is 0 Å². The van der Waals surface area contributed by atoms with Gasteiger partial charge in [-0.1, -0.05) is 24.6 Å². The van der Waals surface area contributed by atoms with Gasteiger partial charge in [0.25, 0.3) is 0 Å². The fourth-order valence-corrected chi connectivity index (χ4v) is 1.93. The average Bonchev–Trinajstić information content (AvgIpc) is 2.55. The minimum absolute atomic E-state index is 0.193. The molecule has 7 heteroatoms. The van der Waals surface area contributed by atoms with Gasteiger partial charge < -0.3 is 15.4 Å². The molecule has 0 spiro atoms. The summed E-state index contributed by atoms with van der Waals surface area (Å²) in [4.78, 5) is 15.6. The Balaban J connectivity index is 2.08. The Morgan fingerprint density at radius 3 is 2.96 bits per heavy atom. The maximum Gasteiger partial charge on any atom is 0.319 e. The summed E-state index contributed by atoms with van der Waals surface area (Å²) in [6.45, 7) is 2.58. The molecule has 0 unspecified atom stereocenters. The second-order valence-electron chi connectivity index (χ2n) is 4.63. The smallest absolute Gasteiger partial charge is 0.319 e. The van der Waals surface area contributed by atoms with Gasteiger partial charge in [0.05, 0.1) is 5.56 Å². The number of urea groups is 1. The van der Waals surface area contributed by atoms with Gasteiger partial charge in [0, 0.05) is 24.5 Å². The second-order valence-corrected chi connectivity index (χ2v) is 5.04. The zero-order valence-electron chi connectivity index (χ0n) is 12.5. The molecule has 6 nitrogen and oxygen atoms in total. The van der Waals surface area contributed by atoms with E-state index in [0.717, 1.165) is 6.42 Å². The lowest BCUT2D eigenvalue weighted by atomic mass is 10.3. The zero-order chi connectivity index (χ0) is 16.7. The first-order valence-corrected chi connectivity index (χ1v) is 7.38. The molecule has 1 aromatic heterocycles. The van der Waals surface area contributed by atoms with Crippen LogP contribution < -0.4 is 15.4 Å². The molecule has 1 aromatic carbocycles. The molecule has 2 amide bonds. The van der Waals surface area contributed by atoms with E-state index in [2.05, 4.69) is 15.6 Å². The normalized spacial score (nSPS) is 9.78. The maximum atomic E-state index is 11.6. The first-order chi connectivity index (χ1) is 11.1. The number of aromatic nitrogens is 1. The van der Waals surface area contributed by atoms with Crippen LogP contribution in [0.2, 0.25) is 5.02 Å². The topological polar surface area (TPSA) is 87.0 Å². The van der Waals surface area contributed by atoms with Gasteiger partial charge in [-0.05, 0) is 24.6 Å². The zero-order valence-corrected chi connectivity index (χ0v) is 13.2. The summed E-state index contributed by atoms with van der Waals surface area (Å²) in [5, 5.41) is 14.5. The van der Waals surface area contributed by atoms with Crippen molar-refractivity contribution in [2.45, 2.75) is 13.3 Å². The van der Waals surface area contributed by atoms with Crippen LogP contribution in [0.4, 0.5) is 10.5 Å². The number of nitrogens with one attached hydrogen (secondary N) is 2. The van der Waals surface area contributed by atoms with Crippen molar-refractivity contribution < 1.29 is 9.53 Å². The van der Waals surface area contributed by atoms with Crippen molar-refractivity contribution in [2.24, 2.45) is 0 Å². The Morgan fingerprint density at radius 1 is 1.43 bits per heavy atom. The van der Waals surface area contributed by atoms with E-state index in [1.54, 1.807) is 24.3 Å². The Hall–Kier alpha value is -2.78. The molecule has 0 atom stereocenters. The van der Waals surface area contributed by atoms with Crippen LogP contribution in [0.15, 0.2) is 36.5 Å². The molecule has 0 saturated carbocycles. The molecule has 0 fully saturated rings. The fraction of sp³-hybridized carbons (Fsp3) is 0.188. The molecule has 0 aliphatic rings. The SMILES string of the molecule is CCCNC(=O)Nc1cccc(Oc2ncc(C#N)cc2Cl)c1. The summed E-state index contributed by atoms with van der Waals surface area (Å²) in [5.74, 6) is 0.663. The number of nitriles is 1. The lowest BCUT2D eigenvalue weighted by Gasteiger charge is -2.10. The Morgan fingerprint density at radius 2 is 2.26 bits per heavy atom. The summed E-state index contributed by atoms with van der Waals surface area (Å²) in [5.41, 5.74) is 0.936. The molecule has 0 aliphatic carbocycles. The van der Waals surface area contributed by atoms with E-state index in [-0.39, 0.29) is 16.9 Å². The van der Waals surface area contributed by atoms with Crippen LogP contribution in [0.25, 0.3) is 0 Å². The molecule has 2 rings (SSSR count). The molecular formula is C16H15ClN4O2. The van der Waals surface area contributed by atoms with Crippen molar-refractivity contribution in [1.82, 2.24) is 10.3 Å². The number of rotatable bonds is 5. The Labute approximate surface area is 139 Å². The van der Waals surface area contributed by atoms with E-state index in [9.17, 15) is 4.79 Å². The lowest BCUT2D eigenvalue weighted by Crippen LogP contribution is -2.29. The molecule has 118 valence electrons. The number of nitrogens with zero attached hydrogens (tertiary/aromatic N) is 2. The van der Waals surface area contributed by atoms with Crippen LogP contribution >= 0.6 is 11.6 Å². The number of carbonyl (C=O) groups excluding carboxylic acids is 1. The lowest BCUT2D eigenvalue weighted by molar-refractivity contribution is 0.252. The minimum Gasteiger partial charge on any atom is -0.437 e. The monoisotopic (exact) mass is 330 g/mol. The van der Waals surface area contributed by atoms with Gasteiger partial charge in [-0.2, -0.15) is 5.26 Å². The Bertz CT molecular complexity index is 743. The van der Waals surface area contributed by atoms with E-state index in [4.69, 9.17) is 21.6 Å². The summed E-state index contributed by atoms with van der Waals surface area (Å²) >= 11 is 6.02. The average molecular weight is 331 g/mol. The molecule has 23 heavy (non-hydrogen) atoms. The van der Waals surface area contributed by atoms with Crippen LogP contribution in [0.1, 0.15) is 18.9 Å². The van der Waals surface area contributed by atoms with Crippen molar-refractivity contribution >= 4 is 23.3 Å². The van der Waals surface area contributed by atoms with Gasteiger partial charge in [0.1, 0.15) is 16.8 Å². The largest absolute Gasteiger partial charge is 0.437 e. The molecule has 2 N–H and O–H groups in total. The van der Waals surface area contributed by atoms with Crippen molar-refractivity contribution in [2.75, 3.05) is 11.9 Å². The van der Waals surface area contributed by atoms with E-state index in [1.165, 1.54) is 12.3 Å². The summed E-state index contributed by atoms with van der Waals surface area (Å²) in [6, 6.07) is 10.00. The number of anilines is 1. The highest BCUT2D eigenvalue weighted by Gasteiger charge is 2.08. The number of benzene rings is 1. The van der Waals surface area contributed by atoms with Crippen molar-refractivity contribution in [1.29, 1.82) is 5.26 Å². The molecule has 0 aliphatic heterocycles. The van der Waals surface area contributed by atoms with Crippen LogP contribution in [0.5, 0.6) is 11.6 Å². The third kappa shape index (κ3) is 4.87. The third-order valence-corrected chi connectivity index (χ3v) is 3.05. The van der Waals surface area contributed by atoms with Crippen LogP contribution in [0.3, 0.4) is 0 Å². The molecule has 0 bridgehead atoms. The predicted octanol–water partition coefficient (Wildman–Crippen LogP) is 3.93. The first-order valence-electron chi connectivity index (χ1n) is 7.00. The number of carbonyl (C=O) groups is 1. The molecule has 1 heterocycles.